The molecule has 1 nitrogen and oxygen atoms in total. The van der Waals surface area contributed by atoms with Gasteiger partial charge < -0.3 is 17.0 Å². The van der Waals surface area contributed by atoms with Gasteiger partial charge in [-0.2, -0.15) is 0 Å². The average molecular weight is 1010 g/mol. The van der Waals surface area contributed by atoms with Crippen LogP contribution in [0.5, 0.6) is 0 Å². The molecule has 0 aromatic heterocycles. The van der Waals surface area contributed by atoms with E-state index in [1.54, 1.807) is 0 Å². The van der Waals surface area contributed by atoms with E-state index >= 15 is 0 Å². The molecule has 1 aliphatic heterocycles. The Morgan fingerprint density at radius 3 is 1.03 bits per heavy atom. The first kappa shape index (κ1) is 44.0. The lowest BCUT2D eigenvalue weighted by molar-refractivity contribution is -0.0000108. The van der Waals surface area contributed by atoms with Crippen molar-refractivity contribution in [2.45, 2.75) is 0 Å². The third-order valence-corrected chi connectivity index (χ3v) is 34.1. The molecular weight excluding hydrogens is 965 g/mol. The minimum Gasteiger partial charge on any atom is -1.00 e. The average Bonchev–Trinajstić information content (AvgIpc) is 3.30. The second-order valence-electron chi connectivity index (χ2n) is 14.4. The van der Waals surface area contributed by atoms with E-state index in [9.17, 15) is 0 Å². The van der Waals surface area contributed by atoms with Gasteiger partial charge >= 0.3 is 0 Å². The Labute approximate surface area is 390 Å². The van der Waals surface area contributed by atoms with Crippen LogP contribution in [0.4, 0.5) is 5.69 Å². The number of anilines is 1. The van der Waals surface area contributed by atoms with Crippen LogP contribution in [0.1, 0.15) is 5.56 Å². The van der Waals surface area contributed by atoms with Crippen LogP contribution in [-0.4, -0.2) is 5.03 Å². The molecule has 0 saturated heterocycles. The van der Waals surface area contributed by atoms with Crippen molar-refractivity contribution in [1.29, 1.82) is 0 Å². The predicted octanol–water partition coefficient (Wildman–Crippen LogP) is 10.1. The first-order valence-electron chi connectivity index (χ1n) is 19.6. The molecule has 0 N–H and O–H groups in total. The molecule has 8 aromatic carbocycles. The maximum absolute atomic E-state index is 8.65. The Morgan fingerprint density at radius 1 is 0.393 bits per heavy atom. The molecule has 1 aliphatic rings. The summed E-state index contributed by atoms with van der Waals surface area (Å²) in [6, 6.07) is 86.3. The lowest BCUT2D eigenvalue weighted by Crippen LogP contribution is -3.00. The summed E-state index contributed by atoms with van der Waals surface area (Å²) in [6.45, 7) is -3.01. The summed E-state index contributed by atoms with van der Waals surface area (Å²) >= 11 is 31.8. The second kappa shape index (κ2) is 18.6. The van der Waals surface area contributed by atoms with Gasteiger partial charge in [-0.15, -0.1) is 0 Å². The summed E-state index contributed by atoms with van der Waals surface area (Å²) < 4.78 is 2.18. The molecule has 10 heteroatoms. The van der Waals surface area contributed by atoms with Gasteiger partial charge in [0.1, 0.15) is 23.2 Å². The van der Waals surface area contributed by atoms with Crippen LogP contribution < -0.4 is 53.2 Å². The molecule has 2 atom stereocenters. The quantitative estimate of drug-likeness (QED) is 0.133. The molecule has 2 unspecified atom stereocenters. The van der Waals surface area contributed by atoms with Crippen LogP contribution in [-0.2, 0) is 23.6 Å². The van der Waals surface area contributed by atoms with Crippen molar-refractivity contribution in [3.8, 4) is 0 Å². The van der Waals surface area contributed by atoms with E-state index in [1.807, 2.05) is 18.2 Å². The molecule has 1 heterocycles. The molecule has 0 spiro atoms. The fourth-order valence-electron chi connectivity index (χ4n) is 8.67. The minimum absolute atomic E-state index is 0. The number of nitrogens with zero attached hydrogens (tertiary/aromatic N) is 1. The maximum atomic E-state index is 8.65. The summed E-state index contributed by atoms with van der Waals surface area (Å²) in [4.78, 5) is 0. The zero-order valence-corrected chi connectivity index (χ0v) is 41.1. The third-order valence-electron chi connectivity index (χ3n) is 11.0. The summed E-state index contributed by atoms with van der Waals surface area (Å²) in [5.41, 5.74) is -4.16. The van der Waals surface area contributed by atoms with Crippen LogP contribution >= 0.6 is 47.7 Å². The van der Waals surface area contributed by atoms with Crippen LogP contribution in [0.2, 0.25) is 0 Å². The van der Waals surface area contributed by atoms with E-state index < -0.39 is 25.2 Å². The van der Waals surface area contributed by atoms with Crippen molar-refractivity contribution >= 4 is 119 Å². The van der Waals surface area contributed by atoms with Crippen molar-refractivity contribution in [3.63, 3.8) is 0 Å². The predicted molar refractivity (Wildman–Crippen MR) is 278 cm³/mol. The normalized spacial score (nSPS) is 18.0. The maximum Gasteiger partial charge on any atom is 0.190 e. The Morgan fingerprint density at radius 2 is 0.689 bits per heavy atom. The molecule has 8 aromatic rings. The summed E-state index contributed by atoms with van der Waals surface area (Å²) in [5.74, 6) is 0. The number of para-hydroxylation sites is 1. The molecule has 61 heavy (non-hydrogen) atoms. The van der Waals surface area contributed by atoms with Crippen molar-refractivity contribution in [2.75, 3.05) is 4.44 Å². The molecule has 9 rings (SSSR count). The fourth-order valence-corrected chi connectivity index (χ4v) is 38.8. The minimum atomic E-state index is -3.49. The molecule has 302 valence electrons. The Kier molecular flexibility index (Phi) is 13.4. The molecule has 0 bridgehead atoms. The molecule has 0 aliphatic carbocycles. The standard InChI is InChI=1S/C51H40Cl2NP4S2.BrH/c52-57(59)50(55(43-29-13-3-14-30-43,44-31-15-4-16-32-44)45-33-17-5-18-34-45)49(41-25-9-1-10-26-41)51(58(53,60)54(57)42-27-11-2-12-28-42)56(46-35-19-6-20-36-46,47-37-21-7-22-38-47)48-39-23-8-24-40-48;/h1-40H;1H/q+1;/p-1. The first-order valence-corrected chi connectivity index (χ1v) is 30.5. The van der Waals surface area contributed by atoms with E-state index in [4.69, 9.17) is 46.1 Å². The summed E-state index contributed by atoms with van der Waals surface area (Å²) in [6.07, 6.45) is 0. The second-order valence-corrected chi connectivity index (χ2v) is 33.1. The largest absolute Gasteiger partial charge is 1.00 e. The van der Waals surface area contributed by atoms with Crippen LogP contribution in [0.15, 0.2) is 248 Å². The molecular formula is C51H40BrCl2NP4S2. The van der Waals surface area contributed by atoms with Crippen molar-refractivity contribution in [3.05, 3.63) is 253 Å². The van der Waals surface area contributed by atoms with Crippen molar-refractivity contribution in [2.24, 2.45) is 0 Å². The van der Waals surface area contributed by atoms with Gasteiger partial charge in [0.05, 0.1) is 0 Å². The van der Waals surface area contributed by atoms with Gasteiger partial charge in [-0.05, 0) is 88.7 Å². The fraction of sp³-hybridized carbons (Fsp3) is 0. The number of rotatable bonds is 9. The smallest absolute Gasteiger partial charge is 0.190 e. The van der Waals surface area contributed by atoms with E-state index in [0.717, 1.165) is 58.7 Å². The number of benzene rings is 8. The number of hydrogen-bond acceptors (Lipinski definition) is 2. The van der Waals surface area contributed by atoms with Crippen LogP contribution in [0.3, 0.4) is 0 Å². The Balaban J connectivity index is 0.00000514. The van der Waals surface area contributed by atoms with Crippen LogP contribution in [0.25, 0.3) is 5.57 Å². The highest BCUT2D eigenvalue weighted by molar-refractivity contribution is 8.49. The molecule has 0 fully saturated rings. The topological polar surface area (TPSA) is 3.24 Å². The van der Waals surface area contributed by atoms with Gasteiger partial charge in [0.2, 0.25) is 0 Å². The molecule has 0 amide bonds. The number of hydrogen-bond donors (Lipinski definition) is 0. The van der Waals surface area contributed by atoms with Crippen molar-refractivity contribution in [1.82, 2.24) is 0 Å². The number of allylic oxidation sites excluding steroid dienone is 1. The summed E-state index contributed by atoms with van der Waals surface area (Å²) in [5, 5.41) is 8.97. The van der Waals surface area contributed by atoms with E-state index in [1.165, 1.54) is 0 Å². The van der Waals surface area contributed by atoms with Gasteiger partial charge in [-0.3, -0.25) is 4.44 Å². The zero-order valence-electron chi connectivity index (χ0n) is 32.8. The van der Waals surface area contributed by atoms with Gasteiger partial charge in [-0.25, -0.2) is 0 Å². The SMILES string of the molecule is S=P1(Cl)C([P+](c2ccccc2)(c2ccccc2)c2ccccc2)=C(c2ccccc2)C(=P(c2ccccc2)(c2ccccc2)c2ccccc2)P(=S)(Cl)N1c1ccccc1.[Br-]. The first-order chi connectivity index (χ1) is 29.3. The Hall–Kier alpha value is -3.61. The van der Waals surface area contributed by atoms with Gasteiger partial charge in [-0.1, -0.05) is 228 Å². The molecule has 0 saturated carbocycles. The van der Waals surface area contributed by atoms with E-state index in [2.05, 4.69) is 229 Å². The highest BCUT2D eigenvalue weighted by atomic mass is 79.9. The Bertz CT molecular complexity index is 2750. The molecule has 0 radical (unpaired) electrons. The lowest BCUT2D eigenvalue weighted by atomic mass is 10.1. The number of halogens is 3. The van der Waals surface area contributed by atoms with Gasteiger partial charge in [0, 0.05) is 16.3 Å². The highest BCUT2D eigenvalue weighted by Gasteiger charge is 2.63. The highest BCUT2D eigenvalue weighted by Crippen LogP contribution is 2.91. The lowest BCUT2D eigenvalue weighted by Gasteiger charge is -2.50. The zero-order chi connectivity index (χ0) is 41.2. The third kappa shape index (κ3) is 7.58. The monoisotopic (exact) mass is 1000 g/mol. The van der Waals surface area contributed by atoms with E-state index in [0.29, 0.717) is 0 Å². The van der Waals surface area contributed by atoms with Crippen molar-refractivity contribution < 1.29 is 17.0 Å². The van der Waals surface area contributed by atoms with Gasteiger partial charge in [0.15, 0.2) is 16.1 Å². The van der Waals surface area contributed by atoms with Gasteiger partial charge in [0.25, 0.3) is 0 Å². The van der Waals surface area contributed by atoms with E-state index in [-0.39, 0.29) is 17.0 Å². The summed E-state index contributed by atoms with van der Waals surface area (Å²) in [7, 11) is -3.01. The van der Waals surface area contributed by atoms with Crippen LogP contribution in [0, 0.1) is 0 Å².